The van der Waals surface area contributed by atoms with Gasteiger partial charge in [-0.3, -0.25) is 9.59 Å². The Hall–Kier alpha value is -2.82. The van der Waals surface area contributed by atoms with E-state index in [0.29, 0.717) is 12.2 Å². The first-order chi connectivity index (χ1) is 12.0. The Kier molecular flexibility index (Phi) is 4.74. The van der Waals surface area contributed by atoms with Crippen LogP contribution >= 0.6 is 0 Å². The molecular formula is C20H22N2O3. The zero-order valence-electron chi connectivity index (χ0n) is 14.7. The van der Waals surface area contributed by atoms with Crippen molar-refractivity contribution >= 4 is 23.2 Å². The molecule has 1 aliphatic heterocycles. The normalized spacial score (nSPS) is 16.8. The average molecular weight is 338 g/mol. The third-order valence-electron chi connectivity index (χ3n) is 4.66. The van der Waals surface area contributed by atoms with Crippen LogP contribution in [0.25, 0.3) is 0 Å². The Balaban J connectivity index is 1.68. The van der Waals surface area contributed by atoms with E-state index < -0.39 is 0 Å². The first-order valence-electron chi connectivity index (χ1n) is 8.30. The van der Waals surface area contributed by atoms with Crippen molar-refractivity contribution in [1.82, 2.24) is 0 Å². The first-order valence-corrected chi connectivity index (χ1v) is 8.30. The van der Waals surface area contributed by atoms with Crippen molar-refractivity contribution in [1.29, 1.82) is 0 Å². The molecule has 0 saturated carbocycles. The summed E-state index contributed by atoms with van der Waals surface area (Å²) in [5.74, 6) is 0.231. The summed E-state index contributed by atoms with van der Waals surface area (Å²) in [6, 6.07) is 13.1. The fourth-order valence-corrected chi connectivity index (χ4v) is 2.94. The van der Waals surface area contributed by atoms with Crippen LogP contribution in [0.15, 0.2) is 42.5 Å². The predicted molar refractivity (Wildman–Crippen MR) is 98.0 cm³/mol. The van der Waals surface area contributed by atoms with E-state index in [-0.39, 0.29) is 24.2 Å². The predicted octanol–water partition coefficient (Wildman–Crippen LogP) is 3.30. The highest BCUT2D eigenvalue weighted by molar-refractivity contribution is 6.03. The molecule has 1 fully saturated rings. The average Bonchev–Trinajstić information content (AvgIpc) is 3.00. The molecule has 1 N–H and O–H groups in total. The van der Waals surface area contributed by atoms with Crippen LogP contribution in [0.3, 0.4) is 0 Å². The lowest BCUT2D eigenvalue weighted by Crippen LogP contribution is -2.28. The molecule has 2 aromatic rings. The lowest BCUT2D eigenvalue weighted by molar-refractivity contribution is -0.122. The largest absolute Gasteiger partial charge is 0.497 e. The molecule has 0 aliphatic carbocycles. The third-order valence-corrected chi connectivity index (χ3v) is 4.66. The molecule has 3 rings (SSSR count). The highest BCUT2D eigenvalue weighted by Gasteiger charge is 2.35. The number of anilines is 2. The molecule has 25 heavy (non-hydrogen) atoms. The number of carbonyl (C=O) groups excluding carboxylic acids is 2. The van der Waals surface area contributed by atoms with Gasteiger partial charge >= 0.3 is 0 Å². The molecule has 0 aromatic heterocycles. The minimum absolute atomic E-state index is 0.0156. The maximum absolute atomic E-state index is 12.5. The topological polar surface area (TPSA) is 58.6 Å². The van der Waals surface area contributed by atoms with Crippen LogP contribution in [0.1, 0.15) is 17.5 Å². The van der Waals surface area contributed by atoms with Crippen molar-refractivity contribution in [3.8, 4) is 5.75 Å². The highest BCUT2D eigenvalue weighted by Crippen LogP contribution is 2.27. The maximum atomic E-state index is 12.5. The van der Waals surface area contributed by atoms with Gasteiger partial charge in [-0.25, -0.2) is 0 Å². The van der Waals surface area contributed by atoms with Gasteiger partial charge in [0.1, 0.15) is 5.75 Å². The molecule has 1 atom stereocenters. The van der Waals surface area contributed by atoms with Crippen molar-refractivity contribution < 1.29 is 14.3 Å². The summed E-state index contributed by atoms with van der Waals surface area (Å²) in [4.78, 5) is 26.5. The molecule has 0 bridgehead atoms. The molecule has 1 aliphatic rings. The fraction of sp³-hybridized carbons (Fsp3) is 0.300. The second-order valence-corrected chi connectivity index (χ2v) is 6.39. The number of ether oxygens (including phenoxy) is 1. The smallest absolute Gasteiger partial charge is 0.229 e. The standard InChI is InChI=1S/C20H22N2O3/c1-13-4-7-17(10-14(13)2)22-12-15(11-19(22)23)20(24)21-16-5-8-18(25-3)9-6-16/h4-10,15H,11-12H2,1-3H3,(H,21,24)/t15-/m0/s1. The van der Waals surface area contributed by atoms with Crippen molar-refractivity contribution in [3.05, 3.63) is 53.6 Å². The van der Waals surface area contributed by atoms with E-state index in [9.17, 15) is 9.59 Å². The lowest BCUT2D eigenvalue weighted by atomic mass is 10.1. The van der Waals surface area contributed by atoms with E-state index in [1.165, 1.54) is 5.56 Å². The number of hydrogen-bond acceptors (Lipinski definition) is 3. The molecule has 0 radical (unpaired) electrons. The maximum Gasteiger partial charge on any atom is 0.229 e. The third kappa shape index (κ3) is 3.65. The van der Waals surface area contributed by atoms with Crippen LogP contribution in [0.4, 0.5) is 11.4 Å². The number of nitrogens with zero attached hydrogens (tertiary/aromatic N) is 1. The number of carbonyl (C=O) groups is 2. The van der Waals surface area contributed by atoms with E-state index in [2.05, 4.69) is 5.32 Å². The van der Waals surface area contributed by atoms with Gasteiger partial charge in [0, 0.05) is 24.3 Å². The lowest BCUT2D eigenvalue weighted by Gasteiger charge is -2.18. The van der Waals surface area contributed by atoms with Crippen LogP contribution < -0.4 is 15.0 Å². The molecule has 0 unspecified atom stereocenters. The van der Waals surface area contributed by atoms with Crippen molar-refractivity contribution in [2.24, 2.45) is 5.92 Å². The molecule has 2 aromatic carbocycles. The van der Waals surface area contributed by atoms with Gasteiger partial charge in [0.05, 0.1) is 13.0 Å². The number of methoxy groups -OCH3 is 1. The Bertz CT molecular complexity index is 799. The Morgan fingerprint density at radius 1 is 1.12 bits per heavy atom. The van der Waals surface area contributed by atoms with E-state index in [4.69, 9.17) is 4.74 Å². The van der Waals surface area contributed by atoms with Crippen LogP contribution in [-0.2, 0) is 9.59 Å². The van der Waals surface area contributed by atoms with Gasteiger partial charge in [0.2, 0.25) is 11.8 Å². The summed E-state index contributed by atoms with van der Waals surface area (Å²) in [5.41, 5.74) is 3.87. The molecule has 0 spiro atoms. The number of nitrogens with one attached hydrogen (secondary N) is 1. The van der Waals surface area contributed by atoms with E-state index in [0.717, 1.165) is 17.0 Å². The summed E-state index contributed by atoms with van der Waals surface area (Å²) >= 11 is 0. The van der Waals surface area contributed by atoms with Crippen LogP contribution in [0.2, 0.25) is 0 Å². The fourth-order valence-electron chi connectivity index (χ4n) is 2.94. The van der Waals surface area contributed by atoms with Gasteiger partial charge in [-0.1, -0.05) is 6.07 Å². The van der Waals surface area contributed by atoms with Crippen LogP contribution in [-0.4, -0.2) is 25.5 Å². The molecule has 5 heteroatoms. The monoisotopic (exact) mass is 338 g/mol. The van der Waals surface area contributed by atoms with Crippen molar-refractivity contribution in [2.45, 2.75) is 20.3 Å². The van der Waals surface area contributed by atoms with Crippen molar-refractivity contribution in [2.75, 3.05) is 23.9 Å². The summed E-state index contributed by atoms with van der Waals surface area (Å²) in [5, 5.41) is 2.87. The zero-order valence-corrected chi connectivity index (χ0v) is 14.7. The number of rotatable bonds is 4. The van der Waals surface area contributed by atoms with Gasteiger partial charge in [-0.2, -0.15) is 0 Å². The Morgan fingerprint density at radius 3 is 2.48 bits per heavy atom. The molecule has 1 saturated heterocycles. The molecule has 5 nitrogen and oxygen atoms in total. The number of hydrogen-bond donors (Lipinski definition) is 1. The molecule has 1 heterocycles. The highest BCUT2D eigenvalue weighted by atomic mass is 16.5. The van der Waals surface area contributed by atoms with E-state index in [1.54, 1.807) is 36.3 Å². The van der Waals surface area contributed by atoms with Crippen LogP contribution in [0.5, 0.6) is 5.75 Å². The Morgan fingerprint density at radius 2 is 1.84 bits per heavy atom. The minimum atomic E-state index is -0.351. The second-order valence-electron chi connectivity index (χ2n) is 6.39. The van der Waals surface area contributed by atoms with Crippen molar-refractivity contribution in [3.63, 3.8) is 0 Å². The second kappa shape index (κ2) is 6.97. The number of benzene rings is 2. The number of aryl methyl sites for hydroxylation is 2. The minimum Gasteiger partial charge on any atom is -0.497 e. The van der Waals surface area contributed by atoms with E-state index >= 15 is 0 Å². The number of amides is 2. The van der Waals surface area contributed by atoms with Gasteiger partial charge in [0.25, 0.3) is 0 Å². The zero-order chi connectivity index (χ0) is 18.0. The van der Waals surface area contributed by atoms with E-state index in [1.807, 2.05) is 32.0 Å². The van der Waals surface area contributed by atoms with Gasteiger partial charge in [-0.15, -0.1) is 0 Å². The summed E-state index contributed by atoms with van der Waals surface area (Å²) < 4.78 is 5.11. The first kappa shape index (κ1) is 17.0. The summed E-state index contributed by atoms with van der Waals surface area (Å²) in [6.07, 6.45) is 0.231. The SMILES string of the molecule is COc1ccc(NC(=O)[C@H]2CC(=O)N(c3ccc(C)c(C)c3)C2)cc1. The summed E-state index contributed by atoms with van der Waals surface area (Å²) in [6.45, 7) is 4.46. The molecule has 2 amide bonds. The molecular weight excluding hydrogens is 316 g/mol. The quantitative estimate of drug-likeness (QED) is 0.930. The van der Waals surface area contributed by atoms with Crippen LogP contribution in [0, 0.1) is 19.8 Å². The van der Waals surface area contributed by atoms with Gasteiger partial charge < -0.3 is 15.0 Å². The Labute approximate surface area is 147 Å². The van der Waals surface area contributed by atoms with Gasteiger partial charge in [0.15, 0.2) is 0 Å². The van der Waals surface area contributed by atoms with Gasteiger partial charge in [-0.05, 0) is 61.4 Å². The summed E-state index contributed by atoms with van der Waals surface area (Å²) in [7, 11) is 1.60. The molecule has 130 valence electrons.